The van der Waals surface area contributed by atoms with E-state index < -0.39 is 5.60 Å². The molecule has 0 bridgehead atoms. The van der Waals surface area contributed by atoms with Crippen molar-refractivity contribution in [2.45, 2.75) is 57.3 Å². The lowest BCUT2D eigenvalue weighted by Gasteiger charge is -2.41. The van der Waals surface area contributed by atoms with Crippen molar-refractivity contribution >= 4 is 23.7 Å². The van der Waals surface area contributed by atoms with Crippen LogP contribution in [0.4, 0.5) is 10.6 Å². The summed E-state index contributed by atoms with van der Waals surface area (Å²) >= 11 is 1.90. The van der Waals surface area contributed by atoms with Crippen LogP contribution in [-0.2, 0) is 10.5 Å². The lowest BCUT2D eigenvalue weighted by atomic mass is 10.1. The Balaban J connectivity index is 1.74. The first-order chi connectivity index (χ1) is 11.3. The number of thioether (sulfide) groups is 1. The van der Waals surface area contributed by atoms with Crippen molar-refractivity contribution in [2.24, 2.45) is 0 Å². The Hall–Kier alpha value is -1.50. The van der Waals surface area contributed by atoms with E-state index in [9.17, 15) is 4.79 Å². The standard InChI is InChI=1S/C17H26N4O2S/c1-11-8-20(16(22)23-17(3,4)5)6-7-21(11)15-14-12(2)24-9-13(14)18-10-19-15/h10-12H,6-9H2,1-5H3/t11?,12-/m0/s1. The molecule has 1 saturated heterocycles. The Bertz CT molecular complexity index is 632. The molecular formula is C17H26N4O2S. The van der Waals surface area contributed by atoms with E-state index in [-0.39, 0.29) is 12.1 Å². The third-order valence-electron chi connectivity index (χ3n) is 4.37. The molecule has 3 rings (SSSR count). The van der Waals surface area contributed by atoms with Gasteiger partial charge in [-0.05, 0) is 34.6 Å². The lowest BCUT2D eigenvalue weighted by Crippen LogP contribution is -2.55. The fourth-order valence-electron chi connectivity index (χ4n) is 3.23. The highest BCUT2D eigenvalue weighted by Gasteiger charge is 2.34. The summed E-state index contributed by atoms with van der Waals surface area (Å²) in [4.78, 5) is 25.4. The normalized spacial score (nSPS) is 24.0. The Morgan fingerprint density at radius 1 is 1.29 bits per heavy atom. The molecule has 1 unspecified atom stereocenters. The second kappa shape index (κ2) is 6.43. The van der Waals surface area contributed by atoms with Crippen molar-refractivity contribution in [1.29, 1.82) is 0 Å². The van der Waals surface area contributed by atoms with Crippen LogP contribution in [0.3, 0.4) is 0 Å². The third-order valence-corrected chi connectivity index (χ3v) is 5.55. The molecule has 2 atom stereocenters. The maximum Gasteiger partial charge on any atom is 0.410 e. The van der Waals surface area contributed by atoms with Gasteiger partial charge >= 0.3 is 6.09 Å². The van der Waals surface area contributed by atoms with Crippen molar-refractivity contribution in [2.75, 3.05) is 24.5 Å². The van der Waals surface area contributed by atoms with Crippen LogP contribution in [0.15, 0.2) is 6.33 Å². The monoisotopic (exact) mass is 350 g/mol. The summed E-state index contributed by atoms with van der Waals surface area (Å²) in [5.41, 5.74) is 1.96. The summed E-state index contributed by atoms with van der Waals surface area (Å²) in [6.07, 6.45) is 1.44. The fourth-order valence-corrected chi connectivity index (χ4v) is 4.28. The molecule has 0 aromatic carbocycles. The van der Waals surface area contributed by atoms with Gasteiger partial charge in [0.15, 0.2) is 0 Å². The largest absolute Gasteiger partial charge is 0.444 e. The Labute approximate surface area is 148 Å². The minimum Gasteiger partial charge on any atom is -0.444 e. The molecule has 2 aliphatic heterocycles. The number of carbonyl (C=O) groups is 1. The average molecular weight is 350 g/mol. The molecule has 132 valence electrons. The zero-order chi connectivity index (χ0) is 17.5. The van der Waals surface area contributed by atoms with Crippen molar-refractivity contribution in [1.82, 2.24) is 14.9 Å². The number of amides is 1. The van der Waals surface area contributed by atoms with Gasteiger partial charge < -0.3 is 14.5 Å². The van der Waals surface area contributed by atoms with Crippen LogP contribution >= 0.6 is 11.8 Å². The molecule has 0 radical (unpaired) electrons. The first-order valence-corrected chi connectivity index (χ1v) is 9.51. The van der Waals surface area contributed by atoms with Gasteiger partial charge in [0.2, 0.25) is 0 Å². The van der Waals surface area contributed by atoms with Crippen LogP contribution in [0, 0.1) is 0 Å². The predicted octanol–water partition coefficient (Wildman–Crippen LogP) is 3.23. The number of carbonyl (C=O) groups excluding carboxylic acids is 1. The van der Waals surface area contributed by atoms with Gasteiger partial charge in [-0.15, -0.1) is 11.8 Å². The highest BCUT2D eigenvalue weighted by atomic mass is 32.2. The third kappa shape index (κ3) is 3.45. The van der Waals surface area contributed by atoms with Gasteiger partial charge in [0.1, 0.15) is 17.7 Å². The molecule has 1 fully saturated rings. The van der Waals surface area contributed by atoms with Crippen LogP contribution in [0.25, 0.3) is 0 Å². The molecule has 0 N–H and O–H groups in total. The number of piperazine rings is 1. The van der Waals surface area contributed by atoms with E-state index in [1.807, 2.05) is 32.5 Å². The van der Waals surface area contributed by atoms with Gasteiger partial charge in [0.25, 0.3) is 0 Å². The molecule has 24 heavy (non-hydrogen) atoms. The molecule has 0 spiro atoms. The smallest absolute Gasteiger partial charge is 0.410 e. The number of aromatic nitrogens is 2. The molecule has 6 nitrogen and oxygen atoms in total. The number of hydrogen-bond acceptors (Lipinski definition) is 6. The van der Waals surface area contributed by atoms with Crippen LogP contribution in [-0.4, -0.2) is 52.2 Å². The highest BCUT2D eigenvalue weighted by Crippen LogP contribution is 2.44. The van der Waals surface area contributed by atoms with Crippen LogP contribution in [0.2, 0.25) is 0 Å². The molecule has 1 amide bonds. The van der Waals surface area contributed by atoms with E-state index in [4.69, 9.17) is 4.74 Å². The summed E-state index contributed by atoms with van der Waals surface area (Å²) < 4.78 is 5.50. The van der Waals surface area contributed by atoms with Crippen LogP contribution in [0.1, 0.15) is 51.1 Å². The summed E-state index contributed by atoms with van der Waals surface area (Å²) in [6.45, 7) is 12.1. The van der Waals surface area contributed by atoms with Crippen LogP contribution < -0.4 is 4.90 Å². The lowest BCUT2D eigenvalue weighted by molar-refractivity contribution is 0.0218. The first kappa shape index (κ1) is 17.3. The molecule has 0 aliphatic carbocycles. The summed E-state index contributed by atoms with van der Waals surface area (Å²) in [5, 5.41) is 0.423. The number of nitrogens with zero attached hydrogens (tertiary/aromatic N) is 4. The number of ether oxygens (including phenoxy) is 1. The van der Waals surface area contributed by atoms with E-state index in [0.29, 0.717) is 18.3 Å². The zero-order valence-corrected chi connectivity index (χ0v) is 15.9. The molecule has 1 aromatic heterocycles. The molecule has 0 saturated carbocycles. The summed E-state index contributed by atoms with van der Waals surface area (Å²) in [7, 11) is 0. The number of fused-ring (bicyclic) bond motifs is 1. The Morgan fingerprint density at radius 3 is 2.71 bits per heavy atom. The van der Waals surface area contributed by atoms with Gasteiger partial charge in [-0.3, -0.25) is 0 Å². The van der Waals surface area contributed by atoms with Crippen molar-refractivity contribution in [3.05, 3.63) is 17.6 Å². The van der Waals surface area contributed by atoms with Gasteiger partial charge in [0.05, 0.1) is 5.69 Å². The Morgan fingerprint density at radius 2 is 2.04 bits per heavy atom. The first-order valence-electron chi connectivity index (χ1n) is 8.46. The number of anilines is 1. The van der Waals surface area contributed by atoms with Crippen LogP contribution in [0.5, 0.6) is 0 Å². The Kier molecular flexibility index (Phi) is 4.64. The van der Waals surface area contributed by atoms with E-state index in [1.54, 1.807) is 11.2 Å². The molecule has 1 aromatic rings. The van der Waals surface area contributed by atoms with Gasteiger partial charge in [-0.2, -0.15) is 0 Å². The maximum absolute atomic E-state index is 12.3. The number of rotatable bonds is 1. The number of hydrogen-bond donors (Lipinski definition) is 0. The molecule has 3 heterocycles. The predicted molar refractivity (Wildman–Crippen MR) is 96.4 cm³/mol. The van der Waals surface area contributed by atoms with Crippen molar-refractivity contribution in [3.63, 3.8) is 0 Å². The SMILES string of the molecule is CC1CN(C(=O)OC(C)(C)C)CCN1c1ncnc2c1[C@H](C)SC2. The quantitative estimate of drug-likeness (QED) is 0.775. The minimum absolute atomic E-state index is 0.197. The molecule has 7 heteroatoms. The average Bonchev–Trinajstić information content (AvgIpc) is 2.87. The summed E-state index contributed by atoms with van der Waals surface area (Å²) in [5.74, 6) is 1.99. The zero-order valence-electron chi connectivity index (χ0n) is 15.1. The summed E-state index contributed by atoms with van der Waals surface area (Å²) in [6, 6.07) is 0.197. The minimum atomic E-state index is -0.461. The second-order valence-corrected chi connectivity index (χ2v) is 8.81. The van der Waals surface area contributed by atoms with E-state index in [1.165, 1.54) is 5.56 Å². The maximum atomic E-state index is 12.3. The van der Waals surface area contributed by atoms with E-state index in [0.717, 1.165) is 23.8 Å². The topological polar surface area (TPSA) is 58.6 Å². The highest BCUT2D eigenvalue weighted by molar-refractivity contribution is 7.99. The fraction of sp³-hybridized carbons (Fsp3) is 0.706. The molecular weight excluding hydrogens is 324 g/mol. The van der Waals surface area contributed by atoms with Gasteiger partial charge in [0, 0.05) is 42.2 Å². The molecule has 2 aliphatic rings. The van der Waals surface area contributed by atoms with Crippen molar-refractivity contribution < 1.29 is 9.53 Å². The van der Waals surface area contributed by atoms with E-state index in [2.05, 4.69) is 28.7 Å². The van der Waals surface area contributed by atoms with Gasteiger partial charge in [-0.25, -0.2) is 14.8 Å². The second-order valence-electron chi connectivity index (χ2n) is 7.48. The van der Waals surface area contributed by atoms with Gasteiger partial charge in [-0.1, -0.05) is 0 Å². The van der Waals surface area contributed by atoms with Crippen molar-refractivity contribution in [3.8, 4) is 0 Å². The van der Waals surface area contributed by atoms with E-state index >= 15 is 0 Å².